The zero-order valence-electron chi connectivity index (χ0n) is 12.9. The van der Waals surface area contributed by atoms with E-state index in [0.717, 1.165) is 16.0 Å². The lowest BCUT2D eigenvalue weighted by atomic mass is 10.1. The van der Waals surface area contributed by atoms with Crippen LogP contribution < -0.4 is 10.6 Å². The topological polar surface area (TPSA) is 58.2 Å². The van der Waals surface area contributed by atoms with Crippen molar-refractivity contribution in [3.8, 4) is 0 Å². The number of halogens is 1. The van der Waals surface area contributed by atoms with Crippen LogP contribution >= 0.6 is 11.8 Å². The van der Waals surface area contributed by atoms with E-state index in [9.17, 15) is 14.0 Å². The number of hydrogen-bond acceptors (Lipinski definition) is 3. The fourth-order valence-corrected chi connectivity index (χ4v) is 2.65. The summed E-state index contributed by atoms with van der Waals surface area (Å²) in [6, 6.07) is 10.9. The first kappa shape index (κ1) is 17.0. The Bertz CT molecular complexity index is 717. The molecule has 0 fully saturated rings. The highest BCUT2D eigenvalue weighted by atomic mass is 32.2. The molecule has 0 aliphatic carbocycles. The van der Waals surface area contributed by atoms with Crippen molar-refractivity contribution in [2.45, 2.75) is 18.7 Å². The van der Waals surface area contributed by atoms with Crippen molar-refractivity contribution in [1.82, 2.24) is 5.32 Å². The number of rotatable bonds is 4. The Morgan fingerprint density at radius 1 is 1.09 bits per heavy atom. The fraction of sp³-hybridized carbons (Fsp3) is 0.176. The van der Waals surface area contributed by atoms with Gasteiger partial charge < -0.3 is 5.32 Å². The number of benzene rings is 2. The smallest absolute Gasteiger partial charge is 0.307 e. The molecule has 2 aromatic rings. The van der Waals surface area contributed by atoms with Crippen LogP contribution in [0, 0.1) is 19.7 Å². The second-order valence-corrected chi connectivity index (χ2v) is 6.11. The third-order valence-corrected chi connectivity index (χ3v) is 4.08. The molecule has 6 heteroatoms. The average Bonchev–Trinajstić information content (AvgIpc) is 2.49. The molecule has 0 aliphatic heterocycles. The minimum Gasteiger partial charge on any atom is -0.307 e. The van der Waals surface area contributed by atoms with Gasteiger partial charge in [0.1, 0.15) is 5.82 Å². The molecule has 120 valence electrons. The predicted octanol–water partition coefficient (Wildman–Crippen LogP) is 3.88. The molecule has 2 rings (SSSR count). The maximum Gasteiger partial charge on any atom is 0.325 e. The summed E-state index contributed by atoms with van der Waals surface area (Å²) in [6.45, 7) is 3.85. The van der Waals surface area contributed by atoms with E-state index in [4.69, 9.17) is 0 Å². The molecule has 0 saturated heterocycles. The molecule has 4 nitrogen and oxygen atoms in total. The molecular weight excluding hydrogens is 315 g/mol. The molecule has 0 atom stereocenters. The zero-order valence-corrected chi connectivity index (χ0v) is 13.7. The maximum absolute atomic E-state index is 12.8. The van der Waals surface area contributed by atoms with Gasteiger partial charge in [-0.2, -0.15) is 0 Å². The molecule has 23 heavy (non-hydrogen) atoms. The molecular formula is C17H17FN2O2S. The summed E-state index contributed by atoms with van der Waals surface area (Å²) in [4.78, 5) is 24.3. The first-order valence-electron chi connectivity index (χ1n) is 7.00. The monoisotopic (exact) mass is 332 g/mol. The number of urea groups is 1. The summed E-state index contributed by atoms with van der Waals surface area (Å²) >= 11 is 1.23. The van der Waals surface area contributed by atoms with Crippen LogP contribution in [0.25, 0.3) is 0 Å². The number of imide groups is 1. The molecule has 2 N–H and O–H groups in total. The van der Waals surface area contributed by atoms with Crippen LogP contribution in [0.15, 0.2) is 47.4 Å². The minimum absolute atomic E-state index is 0.0753. The highest BCUT2D eigenvalue weighted by Gasteiger charge is 2.09. The van der Waals surface area contributed by atoms with Crippen LogP contribution in [0.3, 0.4) is 0 Å². The SMILES string of the molecule is Cc1ccc(NC(=O)NC(=O)CSc2ccc(F)cc2)c(C)c1. The molecule has 2 aromatic carbocycles. The van der Waals surface area contributed by atoms with Gasteiger partial charge in [-0.3, -0.25) is 10.1 Å². The molecule has 0 heterocycles. The fourth-order valence-electron chi connectivity index (χ4n) is 1.95. The Hall–Kier alpha value is -2.34. The van der Waals surface area contributed by atoms with Gasteiger partial charge >= 0.3 is 6.03 Å². The average molecular weight is 332 g/mol. The van der Waals surface area contributed by atoms with Crippen molar-refractivity contribution < 1.29 is 14.0 Å². The van der Waals surface area contributed by atoms with Crippen molar-refractivity contribution in [2.75, 3.05) is 11.1 Å². The van der Waals surface area contributed by atoms with Crippen LogP contribution in [0.5, 0.6) is 0 Å². The molecule has 0 aliphatic rings. The second kappa shape index (κ2) is 7.78. The third-order valence-electron chi connectivity index (χ3n) is 3.07. The quantitative estimate of drug-likeness (QED) is 0.835. The molecule has 0 spiro atoms. The van der Waals surface area contributed by atoms with E-state index >= 15 is 0 Å². The van der Waals surface area contributed by atoms with Crippen LogP contribution in [0.4, 0.5) is 14.9 Å². The summed E-state index contributed by atoms with van der Waals surface area (Å²) in [5.41, 5.74) is 2.68. The number of anilines is 1. The Morgan fingerprint density at radius 2 is 1.78 bits per heavy atom. The van der Waals surface area contributed by atoms with Crippen LogP contribution in [-0.2, 0) is 4.79 Å². The molecule has 0 unspecified atom stereocenters. The van der Waals surface area contributed by atoms with Gasteiger partial charge in [-0.1, -0.05) is 17.7 Å². The number of hydrogen-bond donors (Lipinski definition) is 2. The summed E-state index contributed by atoms with van der Waals surface area (Å²) < 4.78 is 12.8. The van der Waals surface area contributed by atoms with E-state index in [-0.39, 0.29) is 11.6 Å². The molecule has 0 aromatic heterocycles. The number of nitrogens with one attached hydrogen (secondary N) is 2. The normalized spacial score (nSPS) is 10.2. The highest BCUT2D eigenvalue weighted by molar-refractivity contribution is 8.00. The molecule has 0 bridgehead atoms. The van der Waals surface area contributed by atoms with E-state index < -0.39 is 11.9 Å². The van der Waals surface area contributed by atoms with Gasteiger partial charge in [-0.25, -0.2) is 9.18 Å². The van der Waals surface area contributed by atoms with Gasteiger partial charge in [-0.05, 0) is 49.7 Å². The number of aryl methyl sites for hydroxylation is 2. The van der Waals surface area contributed by atoms with Gasteiger partial charge in [0.05, 0.1) is 5.75 Å². The Kier molecular flexibility index (Phi) is 5.76. The van der Waals surface area contributed by atoms with Gasteiger partial charge in [0.15, 0.2) is 0 Å². The van der Waals surface area contributed by atoms with Gasteiger partial charge in [-0.15, -0.1) is 11.8 Å². The Labute approximate surface area is 138 Å². The van der Waals surface area contributed by atoms with Crippen LogP contribution in [-0.4, -0.2) is 17.7 Å². The number of carbonyl (C=O) groups excluding carboxylic acids is 2. The zero-order chi connectivity index (χ0) is 16.8. The van der Waals surface area contributed by atoms with Gasteiger partial charge in [0, 0.05) is 10.6 Å². The largest absolute Gasteiger partial charge is 0.325 e. The van der Waals surface area contributed by atoms with Crippen LogP contribution in [0.1, 0.15) is 11.1 Å². The predicted molar refractivity (Wildman–Crippen MR) is 90.2 cm³/mol. The van der Waals surface area contributed by atoms with Crippen molar-refractivity contribution in [3.63, 3.8) is 0 Å². The van der Waals surface area contributed by atoms with Crippen molar-refractivity contribution in [1.29, 1.82) is 0 Å². The standard InChI is InChI=1S/C17H17FN2O2S/c1-11-3-8-15(12(2)9-11)19-17(22)20-16(21)10-23-14-6-4-13(18)5-7-14/h3-9H,10H2,1-2H3,(H2,19,20,21,22). The number of amides is 3. The van der Waals surface area contributed by atoms with Crippen molar-refractivity contribution >= 4 is 29.4 Å². The van der Waals surface area contributed by atoms with Gasteiger partial charge in [0.25, 0.3) is 0 Å². The lowest BCUT2D eigenvalue weighted by Crippen LogP contribution is -2.35. The lowest BCUT2D eigenvalue weighted by Gasteiger charge is -2.09. The summed E-state index contributed by atoms with van der Waals surface area (Å²) in [5, 5.41) is 4.91. The maximum atomic E-state index is 12.8. The lowest BCUT2D eigenvalue weighted by molar-refractivity contribution is -0.117. The van der Waals surface area contributed by atoms with E-state index in [1.165, 1.54) is 23.9 Å². The molecule has 3 amide bonds. The molecule has 0 radical (unpaired) electrons. The summed E-state index contributed by atoms with van der Waals surface area (Å²) in [6.07, 6.45) is 0. The van der Waals surface area contributed by atoms with Crippen molar-refractivity contribution in [3.05, 3.63) is 59.4 Å². The minimum atomic E-state index is -0.568. The van der Waals surface area contributed by atoms with E-state index in [2.05, 4.69) is 10.6 Å². The van der Waals surface area contributed by atoms with E-state index in [1.807, 2.05) is 26.0 Å². The second-order valence-electron chi connectivity index (χ2n) is 5.06. The summed E-state index contributed by atoms with van der Waals surface area (Å²) in [7, 11) is 0. The van der Waals surface area contributed by atoms with Crippen molar-refractivity contribution in [2.24, 2.45) is 0 Å². The molecule has 0 saturated carbocycles. The Morgan fingerprint density at radius 3 is 2.43 bits per heavy atom. The van der Waals surface area contributed by atoms with E-state index in [0.29, 0.717) is 5.69 Å². The summed E-state index contributed by atoms with van der Waals surface area (Å²) in [5.74, 6) is -0.667. The first-order chi connectivity index (χ1) is 10.9. The van der Waals surface area contributed by atoms with Crippen LogP contribution in [0.2, 0.25) is 0 Å². The highest BCUT2D eigenvalue weighted by Crippen LogP contribution is 2.18. The van der Waals surface area contributed by atoms with Gasteiger partial charge in [0.2, 0.25) is 5.91 Å². The third kappa shape index (κ3) is 5.41. The first-order valence-corrected chi connectivity index (χ1v) is 7.99. The number of thioether (sulfide) groups is 1. The number of carbonyl (C=O) groups is 2. The Balaban J connectivity index is 1.82. The van der Waals surface area contributed by atoms with E-state index in [1.54, 1.807) is 18.2 Å².